The normalized spacial score (nSPS) is 15.6. The lowest BCUT2D eigenvalue weighted by Gasteiger charge is -2.14. The van der Waals surface area contributed by atoms with Crippen molar-refractivity contribution in [2.24, 2.45) is 0 Å². The molecular formula is C17H12FN3O3S. The standard InChI is InChI=1S/C17H12FN3O3S/c1-10-12-4-2-3-5-14(12)20-16(19-10)9-21-17(22)13-7-6-11(18)8-15(13)25(21,23)24/h2-8H,9H2,1H3. The summed E-state index contributed by atoms with van der Waals surface area (Å²) in [6, 6.07) is 10.4. The van der Waals surface area contributed by atoms with Crippen molar-refractivity contribution in [1.82, 2.24) is 14.3 Å². The summed E-state index contributed by atoms with van der Waals surface area (Å²) in [5.41, 5.74) is 1.31. The molecule has 126 valence electrons. The van der Waals surface area contributed by atoms with E-state index in [2.05, 4.69) is 9.97 Å². The molecule has 25 heavy (non-hydrogen) atoms. The first kappa shape index (κ1) is 15.6. The van der Waals surface area contributed by atoms with Crippen molar-refractivity contribution in [1.29, 1.82) is 0 Å². The second-order valence-corrected chi connectivity index (χ2v) is 7.53. The van der Waals surface area contributed by atoms with E-state index in [0.29, 0.717) is 15.5 Å². The number of benzene rings is 2. The number of fused-ring (bicyclic) bond motifs is 2. The molecule has 1 aromatic heterocycles. The largest absolute Gasteiger partial charge is 0.269 e. The number of aryl methyl sites for hydroxylation is 1. The lowest BCUT2D eigenvalue weighted by Crippen LogP contribution is -2.30. The van der Waals surface area contributed by atoms with Crippen molar-refractivity contribution in [3.8, 4) is 0 Å². The number of carbonyl (C=O) groups is 1. The van der Waals surface area contributed by atoms with E-state index in [1.54, 1.807) is 13.0 Å². The Kier molecular flexibility index (Phi) is 3.33. The summed E-state index contributed by atoms with van der Waals surface area (Å²) >= 11 is 0. The van der Waals surface area contributed by atoms with E-state index in [9.17, 15) is 17.6 Å². The third-order valence-electron chi connectivity index (χ3n) is 4.09. The first-order valence-corrected chi connectivity index (χ1v) is 8.91. The second kappa shape index (κ2) is 5.32. The number of carbonyl (C=O) groups excluding carboxylic acids is 1. The van der Waals surface area contributed by atoms with Gasteiger partial charge >= 0.3 is 0 Å². The smallest absolute Gasteiger partial charge is 0.268 e. The highest BCUT2D eigenvalue weighted by Crippen LogP contribution is 2.31. The van der Waals surface area contributed by atoms with Gasteiger partial charge in [0.1, 0.15) is 16.5 Å². The lowest BCUT2D eigenvalue weighted by molar-refractivity contribution is 0.0862. The molecule has 0 saturated carbocycles. The first-order chi connectivity index (χ1) is 11.9. The number of rotatable bonds is 2. The Hall–Kier alpha value is -2.87. The molecule has 2 heterocycles. The number of nitrogens with zero attached hydrogens (tertiary/aromatic N) is 3. The molecule has 0 fully saturated rings. The van der Waals surface area contributed by atoms with Crippen LogP contribution < -0.4 is 0 Å². The zero-order chi connectivity index (χ0) is 17.8. The third kappa shape index (κ3) is 2.37. The number of halogens is 1. The molecule has 4 rings (SSSR count). The molecular weight excluding hydrogens is 345 g/mol. The van der Waals surface area contributed by atoms with Crippen LogP contribution in [-0.4, -0.2) is 28.6 Å². The van der Waals surface area contributed by atoms with Crippen molar-refractivity contribution >= 4 is 26.8 Å². The van der Waals surface area contributed by atoms with Gasteiger partial charge in [-0.3, -0.25) is 4.79 Å². The summed E-state index contributed by atoms with van der Waals surface area (Å²) in [7, 11) is -4.12. The highest BCUT2D eigenvalue weighted by atomic mass is 32.2. The number of sulfonamides is 1. The number of hydrogen-bond acceptors (Lipinski definition) is 5. The average Bonchev–Trinajstić information content (AvgIpc) is 2.76. The van der Waals surface area contributed by atoms with Crippen LogP contribution in [0.2, 0.25) is 0 Å². The quantitative estimate of drug-likeness (QED) is 0.704. The molecule has 3 aromatic rings. The summed E-state index contributed by atoms with van der Waals surface area (Å²) in [5.74, 6) is -1.21. The Labute approximate surface area is 143 Å². The monoisotopic (exact) mass is 357 g/mol. The fourth-order valence-electron chi connectivity index (χ4n) is 2.90. The van der Waals surface area contributed by atoms with E-state index in [0.717, 1.165) is 17.5 Å². The number of aromatic nitrogens is 2. The van der Waals surface area contributed by atoms with Crippen molar-refractivity contribution in [2.75, 3.05) is 0 Å². The molecule has 0 N–H and O–H groups in total. The topological polar surface area (TPSA) is 80.2 Å². The molecule has 0 atom stereocenters. The maximum Gasteiger partial charge on any atom is 0.269 e. The Morgan fingerprint density at radius 2 is 1.88 bits per heavy atom. The van der Waals surface area contributed by atoms with Gasteiger partial charge in [0.2, 0.25) is 0 Å². The fraction of sp³-hybridized carbons (Fsp3) is 0.118. The van der Waals surface area contributed by atoms with E-state index in [1.165, 1.54) is 6.07 Å². The molecule has 0 spiro atoms. The number of hydrogen-bond donors (Lipinski definition) is 0. The van der Waals surface area contributed by atoms with Gasteiger partial charge in [-0.2, -0.15) is 0 Å². The molecule has 0 saturated heterocycles. The summed E-state index contributed by atoms with van der Waals surface area (Å²) < 4.78 is 39.2. The van der Waals surface area contributed by atoms with E-state index >= 15 is 0 Å². The minimum Gasteiger partial charge on any atom is -0.268 e. The van der Waals surface area contributed by atoms with Crippen molar-refractivity contribution in [3.05, 3.63) is 65.4 Å². The summed E-state index contributed by atoms with van der Waals surface area (Å²) in [6.07, 6.45) is 0. The molecule has 0 unspecified atom stereocenters. The SMILES string of the molecule is Cc1nc(CN2C(=O)c3ccc(F)cc3S2(=O)=O)nc2ccccc12. The molecule has 6 nitrogen and oxygen atoms in total. The molecule has 2 aromatic carbocycles. The molecule has 0 bridgehead atoms. The van der Waals surface area contributed by atoms with Crippen LogP contribution in [0, 0.1) is 12.7 Å². The lowest BCUT2D eigenvalue weighted by atomic mass is 10.2. The highest BCUT2D eigenvalue weighted by Gasteiger charge is 2.41. The van der Waals surface area contributed by atoms with Crippen molar-refractivity contribution in [2.45, 2.75) is 18.4 Å². The van der Waals surface area contributed by atoms with Gasteiger partial charge in [0.25, 0.3) is 15.9 Å². The maximum atomic E-state index is 13.4. The van der Waals surface area contributed by atoms with Crippen LogP contribution >= 0.6 is 0 Å². The van der Waals surface area contributed by atoms with E-state index in [-0.39, 0.29) is 22.8 Å². The third-order valence-corrected chi connectivity index (χ3v) is 5.86. The number of amides is 1. The zero-order valence-electron chi connectivity index (χ0n) is 13.1. The van der Waals surface area contributed by atoms with Crippen LogP contribution in [0.3, 0.4) is 0 Å². The van der Waals surface area contributed by atoms with Gasteiger partial charge in [0, 0.05) is 11.1 Å². The summed E-state index contributed by atoms with van der Waals surface area (Å²) in [6.45, 7) is 1.49. The Morgan fingerprint density at radius 1 is 1.12 bits per heavy atom. The van der Waals surface area contributed by atoms with E-state index in [4.69, 9.17) is 0 Å². The van der Waals surface area contributed by atoms with Crippen LogP contribution in [0.25, 0.3) is 10.9 Å². The van der Waals surface area contributed by atoms with Gasteiger partial charge in [-0.25, -0.2) is 27.1 Å². The Morgan fingerprint density at radius 3 is 2.68 bits per heavy atom. The highest BCUT2D eigenvalue weighted by molar-refractivity contribution is 7.90. The minimum absolute atomic E-state index is 0.0427. The molecule has 1 aliphatic rings. The number of para-hydroxylation sites is 1. The molecule has 8 heteroatoms. The minimum atomic E-state index is -4.12. The molecule has 1 amide bonds. The predicted octanol–water partition coefficient (Wildman–Crippen LogP) is 2.42. The van der Waals surface area contributed by atoms with Crippen molar-refractivity contribution in [3.63, 3.8) is 0 Å². The summed E-state index contributed by atoms with van der Waals surface area (Å²) in [4.78, 5) is 20.8. The van der Waals surface area contributed by atoms with Crippen molar-refractivity contribution < 1.29 is 17.6 Å². The Balaban J connectivity index is 1.78. The predicted molar refractivity (Wildman–Crippen MR) is 87.7 cm³/mol. The average molecular weight is 357 g/mol. The fourth-order valence-corrected chi connectivity index (χ4v) is 4.43. The summed E-state index contributed by atoms with van der Waals surface area (Å²) in [5, 5.41) is 0.854. The van der Waals surface area contributed by atoms with Gasteiger partial charge in [-0.1, -0.05) is 18.2 Å². The van der Waals surface area contributed by atoms with E-state index in [1.807, 2.05) is 18.2 Å². The first-order valence-electron chi connectivity index (χ1n) is 7.47. The Bertz CT molecular complexity index is 1150. The van der Waals surface area contributed by atoms with Crippen LogP contribution in [-0.2, 0) is 16.6 Å². The maximum absolute atomic E-state index is 13.4. The molecule has 1 aliphatic heterocycles. The zero-order valence-corrected chi connectivity index (χ0v) is 13.9. The van der Waals surface area contributed by atoms with Gasteiger partial charge < -0.3 is 0 Å². The molecule has 0 aliphatic carbocycles. The second-order valence-electron chi connectivity index (χ2n) is 5.70. The van der Waals surface area contributed by atoms with Crippen LogP contribution in [0.1, 0.15) is 21.9 Å². The van der Waals surface area contributed by atoms with E-state index < -0.39 is 21.7 Å². The van der Waals surface area contributed by atoms with Gasteiger partial charge in [0.15, 0.2) is 0 Å². The molecule has 0 radical (unpaired) electrons. The van der Waals surface area contributed by atoms with Gasteiger partial charge in [0.05, 0.1) is 17.6 Å². The van der Waals surface area contributed by atoms with Crippen LogP contribution in [0.4, 0.5) is 4.39 Å². The van der Waals surface area contributed by atoms with Crippen LogP contribution in [0.5, 0.6) is 0 Å². The van der Waals surface area contributed by atoms with Gasteiger partial charge in [-0.05, 0) is 31.2 Å². The van der Waals surface area contributed by atoms with Gasteiger partial charge in [-0.15, -0.1) is 0 Å². The van der Waals surface area contributed by atoms with Crippen LogP contribution in [0.15, 0.2) is 47.4 Å².